The molecule has 0 fully saturated rings. The Labute approximate surface area is 155 Å². The van der Waals surface area contributed by atoms with E-state index >= 15 is 0 Å². The van der Waals surface area contributed by atoms with E-state index in [1.54, 1.807) is 0 Å². The van der Waals surface area contributed by atoms with Gasteiger partial charge in [0.25, 0.3) is 5.56 Å². The number of nitrogens with one attached hydrogen (secondary N) is 1. The van der Waals surface area contributed by atoms with Crippen molar-refractivity contribution >= 4 is 23.3 Å². The fourth-order valence-corrected chi connectivity index (χ4v) is 2.93. The molecule has 0 unspecified atom stereocenters. The summed E-state index contributed by atoms with van der Waals surface area (Å²) < 4.78 is 60.2. The fourth-order valence-electron chi connectivity index (χ4n) is 2.66. The summed E-state index contributed by atoms with van der Waals surface area (Å²) in [6, 6.07) is 5.62. The Kier molecular flexibility index (Phi) is 5.11. The molecule has 10 heteroatoms. The minimum absolute atomic E-state index is 0.0546. The standard InChI is InChI=1S/C17H13F4N3O2S/c1-26-7-6-24-14-13(15(25)23-16(24)27)11(17(19,20)21)8-12(22-14)9-2-4-10(18)5-3-9/h2-5,8H,6-7H2,1H3,(H,23,25,27). The Bertz CT molecular complexity index is 1100. The molecule has 1 N–H and O–H groups in total. The van der Waals surface area contributed by atoms with Crippen molar-refractivity contribution in [2.45, 2.75) is 12.7 Å². The second kappa shape index (κ2) is 7.20. The third-order valence-corrected chi connectivity index (χ3v) is 4.24. The highest BCUT2D eigenvalue weighted by Gasteiger charge is 2.35. The maximum Gasteiger partial charge on any atom is 0.417 e. The molecule has 0 saturated heterocycles. The number of H-pyrrole nitrogens is 1. The predicted octanol–water partition coefficient (Wildman–Crippen LogP) is 3.93. The molecule has 27 heavy (non-hydrogen) atoms. The van der Waals surface area contributed by atoms with Gasteiger partial charge in [-0.3, -0.25) is 9.78 Å². The van der Waals surface area contributed by atoms with Crippen LogP contribution in [0.2, 0.25) is 0 Å². The van der Waals surface area contributed by atoms with E-state index in [1.807, 2.05) is 0 Å². The molecule has 0 amide bonds. The van der Waals surface area contributed by atoms with E-state index in [-0.39, 0.29) is 34.8 Å². The molecule has 5 nitrogen and oxygen atoms in total. The van der Waals surface area contributed by atoms with Crippen LogP contribution in [-0.2, 0) is 17.5 Å². The number of halogens is 4. The minimum Gasteiger partial charge on any atom is -0.383 e. The molecule has 0 atom stereocenters. The number of aromatic nitrogens is 3. The molecule has 3 rings (SSSR count). The van der Waals surface area contributed by atoms with E-state index in [0.29, 0.717) is 0 Å². The Balaban J connectivity index is 2.42. The molecule has 0 aliphatic heterocycles. The smallest absolute Gasteiger partial charge is 0.383 e. The van der Waals surface area contributed by atoms with Crippen molar-refractivity contribution in [3.05, 3.63) is 56.8 Å². The molecule has 0 saturated carbocycles. The summed E-state index contributed by atoms with van der Waals surface area (Å²) >= 11 is 5.08. The van der Waals surface area contributed by atoms with Gasteiger partial charge in [-0.1, -0.05) is 0 Å². The number of pyridine rings is 1. The SMILES string of the molecule is COCCn1c(=S)[nH]c(=O)c2c(C(F)(F)F)cc(-c3ccc(F)cc3)nc21. The Morgan fingerprint density at radius 2 is 1.93 bits per heavy atom. The number of benzene rings is 1. The number of hydrogen-bond acceptors (Lipinski definition) is 4. The Morgan fingerprint density at radius 1 is 1.26 bits per heavy atom. The summed E-state index contributed by atoms with van der Waals surface area (Å²) in [5.41, 5.74) is -2.12. The van der Waals surface area contributed by atoms with Gasteiger partial charge in [-0.05, 0) is 42.5 Å². The topological polar surface area (TPSA) is 59.9 Å². The van der Waals surface area contributed by atoms with Gasteiger partial charge in [0, 0.05) is 12.7 Å². The largest absolute Gasteiger partial charge is 0.417 e. The molecule has 3 aromatic rings. The number of ether oxygens (including phenoxy) is 1. The molecule has 2 aromatic heterocycles. The average molecular weight is 399 g/mol. The summed E-state index contributed by atoms with van der Waals surface area (Å²) in [7, 11) is 1.43. The zero-order chi connectivity index (χ0) is 19.8. The summed E-state index contributed by atoms with van der Waals surface area (Å²) in [5.74, 6) is -0.532. The first-order chi connectivity index (χ1) is 12.7. The summed E-state index contributed by atoms with van der Waals surface area (Å²) in [6.45, 7) is 0.249. The average Bonchev–Trinajstić information content (AvgIpc) is 2.60. The zero-order valence-electron chi connectivity index (χ0n) is 13.9. The quantitative estimate of drug-likeness (QED) is 0.534. The highest BCUT2D eigenvalue weighted by Crippen LogP contribution is 2.35. The predicted molar refractivity (Wildman–Crippen MR) is 93.5 cm³/mol. The summed E-state index contributed by atoms with van der Waals surface area (Å²) in [5, 5.41) is -0.613. The third-order valence-electron chi connectivity index (χ3n) is 3.91. The molecule has 142 valence electrons. The normalized spacial score (nSPS) is 11.9. The number of hydrogen-bond donors (Lipinski definition) is 1. The molecule has 0 aliphatic rings. The van der Waals surface area contributed by atoms with Crippen LogP contribution in [0, 0.1) is 10.6 Å². The van der Waals surface area contributed by atoms with E-state index in [1.165, 1.54) is 23.8 Å². The van der Waals surface area contributed by atoms with Crippen LogP contribution in [0.4, 0.5) is 17.6 Å². The van der Waals surface area contributed by atoms with E-state index in [0.717, 1.165) is 18.2 Å². The van der Waals surface area contributed by atoms with Crippen LogP contribution >= 0.6 is 12.2 Å². The van der Waals surface area contributed by atoms with Crippen LogP contribution in [0.3, 0.4) is 0 Å². The van der Waals surface area contributed by atoms with E-state index < -0.39 is 28.5 Å². The molecule has 1 aromatic carbocycles. The lowest BCUT2D eigenvalue weighted by molar-refractivity contribution is -0.136. The van der Waals surface area contributed by atoms with Gasteiger partial charge < -0.3 is 9.30 Å². The Hall–Kier alpha value is -2.59. The maximum absolute atomic E-state index is 13.6. The van der Waals surface area contributed by atoms with Crippen LogP contribution in [0.5, 0.6) is 0 Å². The first kappa shape index (κ1) is 19.2. The van der Waals surface area contributed by atoms with E-state index in [4.69, 9.17) is 17.0 Å². The lowest BCUT2D eigenvalue weighted by Crippen LogP contribution is -2.21. The molecule has 2 heterocycles. The molecular weight excluding hydrogens is 386 g/mol. The van der Waals surface area contributed by atoms with Crippen molar-refractivity contribution < 1.29 is 22.3 Å². The van der Waals surface area contributed by atoms with E-state index in [2.05, 4.69) is 9.97 Å². The number of nitrogens with zero attached hydrogens (tertiary/aromatic N) is 2. The van der Waals surface area contributed by atoms with Gasteiger partial charge in [0.1, 0.15) is 11.5 Å². The first-order valence-corrected chi connectivity index (χ1v) is 8.13. The first-order valence-electron chi connectivity index (χ1n) is 7.72. The molecular formula is C17H13F4N3O2S. The molecule has 0 bridgehead atoms. The van der Waals surface area contributed by atoms with Gasteiger partial charge in [-0.15, -0.1) is 0 Å². The monoisotopic (exact) mass is 399 g/mol. The van der Waals surface area contributed by atoms with Crippen molar-refractivity contribution in [3.8, 4) is 11.3 Å². The van der Waals surface area contributed by atoms with Crippen LogP contribution in [0.1, 0.15) is 5.56 Å². The summed E-state index contributed by atoms with van der Waals surface area (Å²) in [6.07, 6.45) is -4.80. The second-order valence-electron chi connectivity index (χ2n) is 5.66. The van der Waals surface area contributed by atoms with Crippen molar-refractivity contribution in [2.24, 2.45) is 0 Å². The maximum atomic E-state index is 13.6. The number of aromatic amines is 1. The van der Waals surface area contributed by atoms with Crippen LogP contribution in [0.15, 0.2) is 35.1 Å². The third kappa shape index (κ3) is 3.76. The molecule has 0 radical (unpaired) electrons. The van der Waals surface area contributed by atoms with E-state index in [9.17, 15) is 22.4 Å². The van der Waals surface area contributed by atoms with Crippen molar-refractivity contribution in [3.63, 3.8) is 0 Å². The van der Waals surface area contributed by atoms with Gasteiger partial charge in [-0.2, -0.15) is 13.2 Å². The van der Waals surface area contributed by atoms with Crippen LogP contribution in [-0.4, -0.2) is 28.3 Å². The summed E-state index contributed by atoms with van der Waals surface area (Å²) in [4.78, 5) is 18.7. The highest BCUT2D eigenvalue weighted by molar-refractivity contribution is 7.71. The van der Waals surface area contributed by atoms with Crippen molar-refractivity contribution in [1.82, 2.24) is 14.5 Å². The van der Waals surface area contributed by atoms with Crippen LogP contribution in [0.25, 0.3) is 22.3 Å². The highest BCUT2D eigenvalue weighted by atomic mass is 32.1. The lowest BCUT2D eigenvalue weighted by atomic mass is 10.1. The zero-order valence-corrected chi connectivity index (χ0v) is 14.7. The van der Waals surface area contributed by atoms with Crippen LogP contribution < -0.4 is 5.56 Å². The molecule has 0 spiro atoms. The second-order valence-corrected chi connectivity index (χ2v) is 6.05. The number of methoxy groups -OCH3 is 1. The lowest BCUT2D eigenvalue weighted by Gasteiger charge is -2.16. The number of alkyl halides is 3. The van der Waals surface area contributed by atoms with Gasteiger partial charge in [0.2, 0.25) is 0 Å². The van der Waals surface area contributed by atoms with Crippen molar-refractivity contribution in [1.29, 1.82) is 0 Å². The minimum atomic E-state index is -4.80. The van der Waals surface area contributed by atoms with Gasteiger partial charge in [0.15, 0.2) is 4.77 Å². The number of fused-ring (bicyclic) bond motifs is 1. The van der Waals surface area contributed by atoms with Gasteiger partial charge in [-0.25, -0.2) is 9.37 Å². The molecule has 0 aliphatic carbocycles. The van der Waals surface area contributed by atoms with Crippen molar-refractivity contribution in [2.75, 3.05) is 13.7 Å². The number of rotatable bonds is 4. The Morgan fingerprint density at radius 3 is 2.52 bits per heavy atom. The van der Waals surface area contributed by atoms with Gasteiger partial charge >= 0.3 is 6.18 Å². The van der Waals surface area contributed by atoms with Gasteiger partial charge in [0.05, 0.1) is 29.8 Å². The fraction of sp³-hybridized carbons (Fsp3) is 0.235.